The Balaban J connectivity index is 1.79. The number of hydrogen-bond donors (Lipinski definition) is 1. The third-order valence-corrected chi connectivity index (χ3v) is 9.01. The Kier molecular flexibility index (Phi) is 7.12. The molecule has 1 fully saturated rings. The number of sulfonamides is 1. The average Bonchev–Trinajstić information content (AvgIpc) is 2.73. The number of piperidine rings is 1. The number of amides is 1. The average molecular weight is 479 g/mol. The SMILES string of the molecule is Cc1ccc(S(=O)(=O)N2CCC(C)CC2)cc1C(=O)N[C@H](C)c1ccc(S(C)(=O)=O)cc1. The number of nitrogens with one attached hydrogen (secondary N) is 1. The molecule has 0 aliphatic carbocycles. The normalized spacial score (nSPS) is 17.1. The molecule has 0 aromatic heterocycles. The third kappa shape index (κ3) is 5.39. The first-order chi connectivity index (χ1) is 14.9. The lowest BCUT2D eigenvalue weighted by atomic mass is 10.0. The van der Waals surface area contributed by atoms with Crippen molar-refractivity contribution >= 4 is 25.8 Å². The minimum atomic E-state index is -3.66. The molecular formula is C23H30N2O5S2. The van der Waals surface area contributed by atoms with E-state index in [1.54, 1.807) is 38.1 Å². The van der Waals surface area contributed by atoms with Crippen LogP contribution in [-0.4, -0.2) is 46.4 Å². The minimum absolute atomic E-state index is 0.118. The molecule has 3 rings (SSSR count). The van der Waals surface area contributed by atoms with Crippen LogP contribution in [0.25, 0.3) is 0 Å². The zero-order chi connectivity index (χ0) is 23.7. The highest BCUT2D eigenvalue weighted by Gasteiger charge is 2.29. The van der Waals surface area contributed by atoms with Crippen molar-refractivity contribution in [1.82, 2.24) is 9.62 Å². The summed E-state index contributed by atoms with van der Waals surface area (Å²) in [6.07, 6.45) is 2.80. The first kappa shape index (κ1) is 24.4. The van der Waals surface area contributed by atoms with Gasteiger partial charge in [-0.15, -0.1) is 0 Å². The summed E-state index contributed by atoms with van der Waals surface area (Å²) in [5, 5.41) is 2.88. The lowest BCUT2D eigenvalue weighted by molar-refractivity contribution is 0.0939. The number of nitrogens with zero attached hydrogens (tertiary/aromatic N) is 1. The van der Waals surface area contributed by atoms with Crippen LogP contribution in [0.4, 0.5) is 0 Å². The van der Waals surface area contributed by atoms with Gasteiger partial charge in [-0.05, 0) is 68.0 Å². The Morgan fingerprint density at radius 1 is 1.00 bits per heavy atom. The minimum Gasteiger partial charge on any atom is -0.346 e. The summed E-state index contributed by atoms with van der Waals surface area (Å²) < 4.78 is 50.9. The largest absolute Gasteiger partial charge is 0.346 e. The predicted octanol–water partition coefficient (Wildman–Crippen LogP) is 3.31. The van der Waals surface area contributed by atoms with Crippen molar-refractivity contribution in [3.05, 3.63) is 59.2 Å². The van der Waals surface area contributed by atoms with E-state index in [9.17, 15) is 21.6 Å². The van der Waals surface area contributed by atoms with Gasteiger partial charge in [0.05, 0.1) is 15.8 Å². The van der Waals surface area contributed by atoms with Crippen LogP contribution < -0.4 is 5.32 Å². The molecule has 1 saturated heterocycles. The number of carbonyl (C=O) groups is 1. The van der Waals surface area contributed by atoms with E-state index in [-0.39, 0.29) is 21.7 Å². The Morgan fingerprint density at radius 3 is 2.12 bits per heavy atom. The number of aryl methyl sites for hydroxylation is 1. The molecule has 0 spiro atoms. The Bertz CT molecular complexity index is 1200. The summed E-state index contributed by atoms with van der Waals surface area (Å²) in [5.74, 6) is 0.125. The van der Waals surface area contributed by atoms with E-state index in [2.05, 4.69) is 12.2 Å². The molecule has 1 aliphatic rings. The summed E-state index contributed by atoms with van der Waals surface area (Å²) in [6, 6.07) is 10.6. The second kappa shape index (κ2) is 9.33. The van der Waals surface area contributed by atoms with Crippen molar-refractivity contribution in [2.45, 2.75) is 49.4 Å². The highest BCUT2D eigenvalue weighted by Crippen LogP contribution is 2.25. The summed E-state index contributed by atoms with van der Waals surface area (Å²) in [7, 11) is -6.96. The molecule has 7 nitrogen and oxygen atoms in total. The molecule has 32 heavy (non-hydrogen) atoms. The van der Waals surface area contributed by atoms with Gasteiger partial charge in [0.25, 0.3) is 5.91 Å². The Morgan fingerprint density at radius 2 is 1.56 bits per heavy atom. The maximum Gasteiger partial charge on any atom is 0.252 e. The molecule has 0 radical (unpaired) electrons. The van der Waals surface area contributed by atoms with Crippen molar-refractivity contribution in [3.8, 4) is 0 Å². The molecule has 0 bridgehead atoms. The van der Waals surface area contributed by atoms with Crippen LogP contribution in [0.15, 0.2) is 52.3 Å². The van der Waals surface area contributed by atoms with Crippen molar-refractivity contribution in [2.24, 2.45) is 5.92 Å². The van der Waals surface area contributed by atoms with Gasteiger partial charge in [0.15, 0.2) is 9.84 Å². The standard InChI is InChI=1S/C23H30N2O5S2/c1-16-11-13-25(14-12-16)32(29,30)21-8-5-17(2)22(15-21)23(26)24-18(3)19-6-9-20(10-7-19)31(4,27)28/h5-10,15-16,18H,11-14H2,1-4H3,(H,24,26)/t18-/m1/s1. The van der Waals surface area contributed by atoms with Gasteiger partial charge in [0.1, 0.15) is 0 Å². The highest BCUT2D eigenvalue weighted by atomic mass is 32.2. The van der Waals surface area contributed by atoms with E-state index in [0.29, 0.717) is 30.1 Å². The van der Waals surface area contributed by atoms with E-state index in [4.69, 9.17) is 0 Å². The smallest absolute Gasteiger partial charge is 0.252 e. The maximum atomic E-state index is 13.1. The van der Waals surface area contributed by atoms with Gasteiger partial charge in [-0.2, -0.15) is 4.31 Å². The monoisotopic (exact) mass is 478 g/mol. The predicted molar refractivity (Wildman–Crippen MR) is 124 cm³/mol. The second-order valence-electron chi connectivity index (χ2n) is 8.60. The van der Waals surface area contributed by atoms with Crippen molar-refractivity contribution in [3.63, 3.8) is 0 Å². The van der Waals surface area contributed by atoms with E-state index in [1.165, 1.54) is 22.5 Å². The molecular weight excluding hydrogens is 448 g/mol. The molecule has 174 valence electrons. The highest BCUT2D eigenvalue weighted by molar-refractivity contribution is 7.90. The molecule has 0 unspecified atom stereocenters. The van der Waals surface area contributed by atoms with E-state index in [0.717, 1.165) is 24.7 Å². The van der Waals surface area contributed by atoms with Crippen LogP contribution in [0.1, 0.15) is 54.2 Å². The summed E-state index contributed by atoms with van der Waals surface area (Å²) in [4.78, 5) is 13.3. The topological polar surface area (TPSA) is 101 Å². The molecule has 0 saturated carbocycles. The molecule has 1 atom stereocenters. The van der Waals surface area contributed by atoms with Crippen LogP contribution >= 0.6 is 0 Å². The van der Waals surface area contributed by atoms with Gasteiger partial charge in [-0.3, -0.25) is 4.79 Å². The molecule has 1 amide bonds. The third-order valence-electron chi connectivity index (χ3n) is 5.99. The Labute approximate surface area is 190 Å². The van der Waals surface area contributed by atoms with Gasteiger partial charge in [-0.1, -0.05) is 25.1 Å². The van der Waals surface area contributed by atoms with Crippen LogP contribution in [0.5, 0.6) is 0 Å². The molecule has 1 aliphatic heterocycles. The number of benzene rings is 2. The summed E-state index contributed by atoms with van der Waals surface area (Å²) in [6.45, 7) is 6.64. The zero-order valence-electron chi connectivity index (χ0n) is 18.8. The molecule has 1 N–H and O–H groups in total. The lowest BCUT2D eigenvalue weighted by Crippen LogP contribution is -2.38. The van der Waals surface area contributed by atoms with Gasteiger partial charge >= 0.3 is 0 Å². The molecule has 1 heterocycles. The zero-order valence-corrected chi connectivity index (χ0v) is 20.5. The molecule has 2 aromatic rings. The van der Waals surface area contributed by atoms with Crippen LogP contribution in [0, 0.1) is 12.8 Å². The van der Waals surface area contributed by atoms with Crippen LogP contribution in [0.3, 0.4) is 0 Å². The van der Waals surface area contributed by atoms with Crippen LogP contribution in [-0.2, 0) is 19.9 Å². The number of hydrogen-bond acceptors (Lipinski definition) is 5. The van der Waals surface area contributed by atoms with Gasteiger partial charge < -0.3 is 5.32 Å². The van der Waals surface area contributed by atoms with Gasteiger partial charge in [0.2, 0.25) is 10.0 Å². The van der Waals surface area contributed by atoms with Crippen molar-refractivity contribution in [1.29, 1.82) is 0 Å². The first-order valence-electron chi connectivity index (χ1n) is 10.6. The fourth-order valence-electron chi connectivity index (χ4n) is 3.74. The number of sulfone groups is 1. The number of carbonyl (C=O) groups excluding carboxylic acids is 1. The maximum absolute atomic E-state index is 13.1. The van der Waals surface area contributed by atoms with Gasteiger partial charge in [0, 0.05) is 24.9 Å². The van der Waals surface area contributed by atoms with E-state index >= 15 is 0 Å². The van der Waals surface area contributed by atoms with E-state index in [1.807, 2.05) is 0 Å². The van der Waals surface area contributed by atoms with Crippen molar-refractivity contribution < 1.29 is 21.6 Å². The fraction of sp³-hybridized carbons (Fsp3) is 0.435. The quantitative estimate of drug-likeness (QED) is 0.687. The van der Waals surface area contributed by atoms with Gasteiger partial charge in [-0.25, -0.2) is 16.8 Å². The van der Waals surface area contributed by atoms with Crippen LogP contribution in [0.2, 0.25) is 0 Å². The summed E-state index contributed by atoms with van der Waals surface area (Å²) in [5.41, 5.74) is 1.72. The molecule has 2 aromatic carbocycles. The molecule has 9 heteroatoms. The summed E-state index contributed by atoms with van der Waals surface area (Å²) >= 11 is 0. The second-order valence-corrected chi connectivity index (χ2v) is 12.6. The van der Waals surface area contributed by atoms with E-state index < -0.39 is 19.9 Å². The van der Waals surface area contributed by atoms with Crippen molar-refractivity contribution in [2.75, 3.05) is 19.3 Å². The first-order valence-corrected chi connectivity index (χ1v) is 13.9. The Hall–Kier alpha value is -2.23. The fourth-order valence-corrected chi connectivity index (χ4v) is 5.87. The lowest BCUT2D eigenvalue weighted by Gasteiger charge is -2.29. The number of rotatable bonds is 6.